The van der Waals surface area contributed by atoms with Gasteiger partial charge in [0.1, 0.15) is 5.82 Å². The van der Waals surface area contributed by atoms with Gasteiger partial charge in [-0.25, -0.2) is 4.39 Å². The molecule has 2 nitrogen and oxygen atoms in total. The molecule has 11 heavy (non-hydrogen) atoms. The maximum atomic E-state index is 12.7. The van der Waals surface area contributed by atoms with Crippen LogP contribution in [0.1, 0.15) is 0 Å². The molecule has 1 rings (SSSR count). The molecular weight excluding hydrogens is 235 g/mol. The van der Waals surface area contributed by atoms with Gasteiger partial charge in [-0.15, -0.1) is 0 Å². The van der Waals surface area contributed by atoms with Gasteiger partial charge in [-0.05, 0) is 29.3 Å². The zero-order valence-corrected chi connectivity index (χ0v) is 7.62. The number of hydrogen-bond acceptors (Lipinski definition) is 2. The van der Waals surface area contributed by atoms with Crippen LogP contribution in [-0.4, -0.2) is 8.76 Å². The van der Waals surface area contributed by atoms with Crippen LogP contribution in [0.4, 0.5) is 4.39 Å². The fourth-order valence-corrected chi connectivity index (χ4v) is 1.34. The van der Waals surface area contributed by atoms with E-state index in [1.165, 1.54) is 12.1 Å². The quantitative estimate of drug-likeness (QED) is 0.700. The number of hydrogen-bond donors (Lipinski definition) is 0. The number of halogens is 2. The maximum absolute atomic E-state index is 12.7. The summed E-state index contributed by atoms with van der Waals surface area (Å²) in [6, 6.07) is 3.77. The summed E-state index contributed by atoms with van der Waals surface area (Å²) in [5, 5.41) is 0. The van der Waals surface area contributed by atoms with Crippen LogP contribution in [0.5, 0.6) is 0 Å². The molecule has 1 aromatic carbocycles. The summed E-state index contributed by atoms with van der Waals surface area (Å²) in [6.07, 6.45) is 0. The van der Waals surface area contributed by atoms with Gasteiger partial charge in [-0.1, -0.05) is 15.9 Å². The lowest BCUT2D eigenvalue weighted by atomic mass is 10.3. The fraction of sp³-hybridized carbons (Fsp3) is 0. The summed E-state index contributed by atoms with van der Waals surface area (Å²) >= 11 is 0.510. The third-order valence-corrected chi connectivity index (χ3v) is 2.26. The highest BCUT2D eigenvalue weighted by molar-refractivity contribution is 9.10. The lowest BCUT2D eigenvalue weighted by Gasteiger charge is -2.05. The molecule has 0 heterocycles. The molecule has 1 atom stereocenters. The second-order valence-corrected chi connectivity index (χ2v) is 3.63. The van der Waals surface area contributed by atoms with E-state index in [0.29, 0.717) is 4.47 Å². The van der Waals surface area contributed by atoms with Crippen LogP contribution < -0.4 is 0 Å². The van der Waals surface area contributed by atoms with Crippen LogP contribution in [0.2, 0.25) is 0 Å². The van der Waals surface area contributed by atoms with E-state index in [1.807, 2.05) is 0 Å². The third-order valence-electron chi connectivity index (χ3n) is 1.07. The molecule has 0 fully saturated rings. The highest BCUT2D eigenvalue weighted by atomic mass is 79.9. The summed E-state index contributed by atoms with van der Waals surface area (Å²) in [6.45, 7) is 0. The lowest BCUT2D eigenvalue weighted by Crippen LogP contribution is -1.92. The number of benzene rings is 1. The second kappa shape index (κ2) is 3.42. The van der Waals surface area contributed by atoms with Gasteiger partial charge >= 0.3 is 0 Å². The molecule has 0 spiro atoms. The lowest BCUT2D eigenvalue weighted by molar-refractivity contribution is 0.523. The van der Waals surface area contributed by atoms with Crippen LogP contribution in [0, 0.1) is 5.82 Å². The van der Waals surface area contributed by atoms with Gasteiger partial charge in [-0.3, -0.25) is 4.21 Å². The summed E-state index contributed by atoms with van der Waals surface area (Å²) in [5.41, 5.74) is 0. The Labute approximate surface area is 73.8 Å². The van der Waals surface area contributed by atoms with E-state index >= 15 is 0 Å². The fourth-order valence-electron chi connectivity index (χ4n) is 0.610. The van der Waals surface area contributed by atoms with Crippen LogP contribution in [0.15, 0.2) is 27.6 Å². The van der Waals surface area contributed by atoms with Gasteiger partial charge in [0, 0.05) is 4.47 Å². The Balaban J connectivity index is 3.20. The van der Waals surface area contributed by atoms with Gasteiger partial charge in [0.15, 0.2) is 0 Å². The Hall–Kier alpha value is -0.260. The van der Waals surface area contributed by atoms with Crippen molar-refractivity contribution in [3.8, 4) is 0 Å². The van der Waals surface area contributed by atoms with E-state index in [4.69, 9.17) is 0 Å². The van der Waals surface area contributed by atoms with Gasteiger partial charge in [0.25, 0.3) is 0 Å². The Morgan fingerprint density at radius 3 is 2.64 bits per heavy atom. The van der Waals surface area contributed by atoms with Crippen LogP contribution >= 0.6 is 15.9 Å². The molecule has 0 aliphatic heterocycles. The third kappa shape index (κ3) is 2.08. The zero-order chi connectivity index (χ0) is 8.43. The van der Waals surface area contributed by atoms with Crippen LogP contribution in [0.25, 0.3) is 0 Å². The predicted molar refractivity (Wildman–Crippen MR) is 41.3 cm³/mol. The van der Waals surface area contributed by atoms with E-state index in [-0.39, 0.29) is 4.90 Å². The van der Waals surface area contributed by atoms with Crippen molar-refractivity contribution in [3.05, 3.63) is 28.5 Å². The van der Waals surface area contributed by atoms with Crippen molar-refractivity contribution < 1.29 is 13.2 Å². The average Bonchev–Trinajstić information content (AvgIpc) is 1.85. The molecule has 0 amide bonds. The van der Waals surface area contributed by atoms with E-state index in [0.717, 1.165) is 6.07 Å². The summed E-state index contributed by atoms with van der Waals surface area (Å²) in [5.74, 6) is -0.743. The molecule has 0 radical (unpaired) electrons. The highest BCUT2D eigenvalue weighted by Crippen LogP contribution is 2.16. The molecule has 0 saturated heterocycles. The summed E-state index contributed by atoms with van der Waals surface area (Å²) in [4.78, 5) is -0.312. The molecule has 60 valence electrons. The van der Waals surface area contributed by atoms with Crippen molar-refractivity contribution in [1.29, 1.82) is 0 Å². The van der Waals surface area contributed by atoms with Crippen molar-refractivity contribution in [2.45, 2.75) is 4.90 Å². The monoisotopic (exact) mass is 237 g/mol. The zero-order valence-electron chi connectivity index (χ0n) is 5.21. The standard InChI is InChI=1S/C6H4BrFO2S/c7-4-1-2-6(11(9)10)5(8)3-4/h1-3H,(H,9,10)/p-1. The van der Waals surface area contributed by atoms with Crippen molar-refractivity contribution in [1.82, 2.24) is 0 Å². The molecule has 1 aromatic rings. The van der Waals surface area contributed by atoms with E-state index in [9.17, 15) is 13.2 Å². The SMILES string of the molecule is O=S([O-])c1ccc(Br)cc1F. The van der Waals surface area contributed by atoms with E-state index < -0.39 is 16.9 Å². The molecule has 0 aliphatic carbocycles. The predicted octanol–water partition coefficient (Wildman–Crippen LogP) is 1.83. The summed E-state index contributed by atoms with van der Waals surface area (Å²) in [7, 11) is 0. The topological polar surface area (TPSA) is 40.1 Å². The van der Waals surface area contributed by atoms with Crippen molar-refractivity contribution in [3.63, 3.8) is 0 Å². The van der Waals surface area contributed by atoms with Crippen LogP contribution in [-0.2, 0) is 11.1 Å². The smallest absolute Gasteiger partial charge is 0.139 e. The first-order valence-electron chi connectivity index (χ1n) is 2.65. The second-order valence-electron chi connectivity index (χ2n) is 1.81. The minimum Gasteiger partial charge on any atom is -0.768 e. The molecule has 1 unspecified atom stereocenters. The van der Waals surface area contributed by atoms with Crippen molar-refractivity contribution >= 4 is 27.0 Å². The van der Waals surface area contributed by atoms with Gasteiger partial charge < -0.3 is 4.55 Å². The van der Waals surface area contributed by atoms with Crippen molar-refractivity contribution in [2.75, 3.05) is 0 Å². The Kier molecular flexibility index (Phi) is 2.75. The Bertz CT molecular complexity index is 303. The molecule has 0 saturated carbocycles. The largest absolute Gasteiger partial charge is 0.768 e. The minimum atomic E-state index is -2.49. The van der Waals surface area contributed by atoms with E-state index in [1.54, 1.807) is 0 Å². The van der Waals surface area contributed by atoms with Gasteiger partial charge in [0.2, 0.25) is 0 Å². The molecule has 0 aromatic heterocycles. The Morgan fingerprint density at radius 1 is 1.55 bits per heavy atom. The van der Waals surface area contributed by atoms with Gasteiger partial charge in [-0.2, -0.15) is 0 Å². The maximum Gasteiger partial charge on any atom is 0.139 e. The first-order chi connectivity index (χ1) is 5.11. The van der Waals surface area contributed by atoms with Crippen molar-refractivity contribution in [2.24, 2.45) is 0 Å². The highest BCUT2D eigenvalue weighted by Gasteiger charge is 2.01. The Morgan fingerprint density at radius 2 is 2.18 bits per heavy atom. The first-order valence-corrected chi connectivity index (χ1v) is 4.52. The first kappa shape index (κ1) is 8.83. The van der Waals surface area contributed by atoms with E-state index in [2.05, 4.69) is 15.9 Å². The molecular formula is C6H3BrFO2S-. The summed E-state index contributed by atoms with van der Waals surface area (Å²) < 4.78 is 33.8. The average molecular weight is 238 g/mol. The molecule has 5 heteroatoms. The van der Waals surface area contributed by atoms with Gasteiger partial charge in [0.05, 0.1) is 4.90 Å². The minimum absolute atomic E-state index is 0.312. The molecule has 0 aliphatic rings. The van der Waals surface area contributed by atoms with Crippen LogP contribution in [0.3, 0.4) is 0 Å². The number of rotatable bonds is 1. The normalized spacial score (nSPS) is 13.0. The molecule has 0 bridgehead atoms. The molecule has 0 N–H and O–H groups in total.